The fourth-order valence-corrected chi connectivity index (χ4v) is 3.28. The summed E-state index contributed by atoms with van der Waals surface area (Å²) >= 11 is 12.3. The zero-order valence-electron chi connectivity index (χ0n) is 11.4. The van der Waals surface area contributed by atoms with Crippen molar-refractivity contribution < 1.29 is 0 Å². The predicted octanol–water partition coefficient (Wildman–Crippen LogP) is 3.94. The highest BCUT2D eigenvalue weighted by molar-refractivity contribution is 6.42. The van der Waals surface area contributed by atoms with Crippen molar-refractivity contribution in [1.82, 2.24) is 4.90 Å². The minimum Gasteiger partial charge on any atom is -0.329 e. The van der Waals surface area contributed by atoms with Crippen molar-refractivity contribution in [3.8, 4) is 0 Å². The molecule has 0 saturated carbocycles. The number of piperidine rings is 1. The summed E-state index contributed by atoms with van der Waals surface area (Å²) in [6, 6.07) is 6.30. The molecule has 19 heavy (non-hydrogen) atoms. The molecule has 2 nitrogen and oxygen atoms in total. The maximum Gasteiger partial charge on any atom is 0.0637 e. The van der Waals surface area contributed by atoms with Crippen molar-refractivity contribution in [1.29, 1.82) is 0 Å². The van der Waals surface area contributed by atoms with E-state index < -0.39 is 0 Å². The van der Waals surface area contributed by atoms with Gasteiger partial charge in [-0.25, -0.2) is 0 Å². The lowest BCUT2D eigenvalue weighted by atomic mass is 9.88. The van der Waals surface area contributed by atoms with Crippen LogP contribution in [0, 0.1) is 5.92 Å². The summed E-state index contributed by atoms with van der Waals surface area (Å²) in [5.41, 5.74) is 7.03. The molecule has 1 saturated heterocycles. The molecule has 2 N–H and O–H groups in total. The number of rotatable bonds is 4. The van der Waals surface area contributed by atoms with E-state index in [0.717, 1.165) is 24.6 Å². The highest BCUT2D eigenvalue weighted by Gasteiger charge is 2.27. The van der Waals surface area contributed by atoms with E-state index in [4.69, 9.17) is 28.9 Å². The third-order valence-corrected chi connectivity index (χ3v) is 5.06. The number of likely N-dealkylation sites (tertiary alicyclic amines) is 1. The number of nitrogens with two attached hydrogens (primary N) is 1. The van der Waals surface area contributed by atoms with Crippen LogP contribution < -0.4 is 5.73 Å². The van der Waals surface area contributed by atoms with Crippen molar-refractivity contribution in [3.63, 3.8) is 0 Å². The van der Waals surface area contributed by atoms with E-state index in [0.29, 0.717) is 22.6 Å². The van der Waals surface area contributed by atoms with Crippen LogP contribution in [-0.2, 0) is 6.54 Å². The summed E-state index contributed by atoms with van der Waals surface area (Å²) < 4.78 is 0. The Morgan fingerprint density at radius 1 is 1.37 bits per heavy atom. The minimum absolute atomic E-state index is 0.466. The number of nitrogens with zero attached hydrogens (tertiary/aromatic N) is 1. The van der Waals surface area contributed by atoms with Crippen LogP contribution in [-0.4, -0.2) is 24.0 Å². The Kier molecular flexibility index (Phi) is 5.52. The van der Waals surface area contributed by atoms with E-state index in [-0.39, 0.29) is 0 Å². The van der Waals surface area contributed by atoms with E-state index in [1.807, 2.05) is 18.2 Å². The second-order valence-electron chi connectivity index (χ2n) is 5.37. The van der Waals surface area contributed by atoms with E-state index in [9.17, 15) is 0 Å². The molecule has 1 aliphatic heterocycles. The molecule has 2 atom stereocenters. The van der Waals surface area contributed by atoms with Gasteiger partial charge in [0.1, 0.15) is 0 Å². The predicted molar refractivity (Wildman–Crippen MR) is 82.7 cm³/mol. The molecule has 106 valence electrons. The summed E-state index contributed by atoms with van der Waals surface area (Å²) in [5, 5.41) is 1.31. The van der Waals surface area contributed by atoms with Crippen LogP contribution in [0.15, 0.2) is 18.2 Å². The van der Waals surface area contributed by atoms with E-state index in [1.54, 1.807) is 0 Å². The first-order valence-corrected chi connectivity index (χ1v) is 7.78. The van der Waals surface area contributed by atoms with Gasteiger partial charge in [-0.15, -0.1) is 0 Å². The van der Waals surface area contributed by atoms with Gasteiger partial charge in [-0.1, -0.05) is 48.7 Å². The normalized spacial score (nSPS) is 24.6. The van der Waals surface area contributed by atoms with Crippen LogP contribution >= 0.6 is 23.2 Å². The lowest BCUT2D eigenvalue weighted by Gasteiger charge is -2.39. The second-order valence-corrected chi connectivity index (χ2v) is 6.16. The molecule has 4 heteroatoms. The molecule has 2 unspecified atom stereocenters. The van der Waals surface area contributed by atoms with Crippen molar-refractivity contribution in [2.45, 2.75) is 38.8 Å². The van der Waals surface area contributed by atoms with Crippen molar-refractivity contribution in [3.05, 3.63) is 33.8 Å². The summed E-state index contributed by atoms with van der Waals surface area (Å²) in [6.45, 7) is 4.93. The van der Waals surface area contributed by atoms with Gasteiger partial charge in [0, 0.05) is 19.1 Å². The van der Waals surface area contributed by atoms with E-state index in [2.05, 4.69) is 11.8 Å². The van der Waals surface area contributed by atoms with Gasteiger partial charge >= 0.3 is 0 Å². The average Bonchev–Trinajstić information content (AvgIpc) is 2.44. The number of halogens is 2. The Labute approximate surface area is 125 Å². The Bertz CT molecular complexity index is 423. The molecule has 0 spiro atoms. The van der Waals surface area contributed by atoms with Crippen LogP contribution in [0.1, 0.15) is 31.7 Å². The first-order valence-electron chi connectivity index (χ1n) is 7.02. The van der Waals surface area contributed by atoms with Crippen molar-refractivity contribution in [2.75, 3.05) is 13.1 Å². The van der Waals surface area contributed by atoms with Crippen LogP contribution in [0.25, 0.3) is 0 Å². The molecule has 0 aromatic heterocycles. The Hall–Kier alpha value is -0.280. The lowest BCUT2D eigenvalue weighted by Crippen LogP contribution is -2.46. The smallest absolute Gasteiger partial charge is 0.0637 e. The number of hydrogen-bond donors (Lipinski definition) is 1. The molecule has 1 aromatic carbocycles. The van der Waals surface area contributed by atoms with Gasteiger partial charge in [0.05, 0.1) is 10.0 Å². The molecular weight excluding hydrogens is 279 g/mol. The molecule has 1 aliphatic rings. The third kappa shape index (κ3) is 3.63. The molecule has 1 fully saturated rings. The van der Waals surface area contributed by atoms with Gasteiger partial charge in [0.15, 0.2) is 0 Å². The minimum atomic E-state index is 0.466. The lowest BCUT2D eigenvalue weighted by molar-refractivity contribution is 0.107. The van der Waals surface area contributed by atoms with Crippen LogP contribution in [0.2, 0.25) is 10.0 Å². The highest BCUT2D eigenvalue weighted by atomic mass is 35.5. The number of benzene rings is 1. The van der Waals surface area contributed by atoms with Crippen LogP contribution in [0.3, 0.4) is 0 Å². The van der Waals surface area contributed by atoms with Crippen molar-refractivity contribution in [2.24, 2.45) is 11.7 Å². The van der Waals surface area contributed by atoms with Gasteiger partial charge in [-0.2, -0.15) is 0 Å². The largest absolute Gasteiger partial charge is 0.329 e. The van der Waals surface area contributed by atoms with Gasteiger partial charge < -0.3 is 5.73 Å². The summed E-state index contributed by atoms with van der Waals surface area (Å²) in [7, 11) is 0. The molecule has 0 bridgehead atoms. The van der Waals surface area contributed by atoms with Crippen LogP contribution in [0.5, 0.6) is 0 Å². The molecule has 1 heterocycles. The monoisotopic (exact) mass is 300 g/mol. The topological polar surface area (TPSA) is 29.3 Å². The zero-order chi connectivity index (χ0) is 13.8. The second kappa shape index (κ2) is 6.94. The molecule has 0 radical (unpaired) electrons. The molecule has 0 aliphatic carbocycles. The number of hydrogen-bond acceptors (Lipinski definition) is 2. The first-order chi connectivity index (χ1) is 9.15. The summed E-state index contributed by atoms with van der Waals surface area (Å²) in [6.07, 6.45) is 3.71. The molecule has 0 amide bonds. The maximum absolute atomic E-state index is 6.27. The fourth-order valence-electron chi connectivity index (χ4n) is 2.90. The summed E-state index contributed by atoms with van der Waals surface area (Å²) in [5.74, 6) is 0.819. The highest BCUT2D eigenvalue weighted by Crippen LogP contribution is 2.30. The Morgan fingerprint density at radius 2 is 2.16 bits per heavy atom. The quantitative estimate of drug-likeness (QED) is 0.912. The van der Waals surface area contributed by atoms with Crippen molar-refractivity contribution >= 4 is 23.2 Å². The van der Waals surface area contributed by atoms with Gasteiger partial charge in [0.2, 0.25) is 0 Å². The van der Waals surface area contributed by atoms with Gasteiger partial charge in [0.25, 0.3) is 0 Å². The summed E-state index contributed by atoms with van der Waals surface area (Å²) in [4.78, 5) is 2.45. The standard InChI is InChI=1S/C15H22Cl2N2/c1-2-11-6-7-19(13(8-11)9-18)10-12-4-3-5-14(16)15(12)17/h3-5,11,13H,2,6-10,18H2,1H3. The van der Waals surface area contributed by atoms with Gasteiger partial charge in [-0.05, 0) is 36.9 Å². The fraction of sp³-hybridized carbons (Fsp3) is 0.600. The van der Waals surface area contributed by atoms with Gasteiger partial charge in [-0.3, -0.25) is 4.90 Å². The SMILES string of the molecule is CCC1CCN(Cc2cccc(Cl)c2Cl)C(CN)C1. The molecular formula is C15H22Cl2N2. The Balaban J connectivity index is 2.07. The zero-order valence-corrected chi connectivity index (χ0v) is 12.9. The Morgan fingerprint density at radius 3 is 2.84 bits per heavy atom. The van der Waals surface area contributed by atoms with E-state index in [1.165, 1.54) is 19.3 Å². The van der Waals surface area contributed by atoms with E-state index >= 15 is 0 Å². The third-order valence-electron chi connectivity index (χ3n) is 4.20. The molecule has 2 rings (SSSR count). The van der Waals surface area contributed by atoms with Crippen LogP contribution in [0.4, 0.5) is 0 Å². The average molecular weight is 301 g/mol. The first kappa shape index (κ1) is 15.1. The maximum atomic E-state index is 6.27. The molecule has 1 aromatic rings.